The summed E-state index contributed by atoms with van der Waals surface area (Å²) < 4.78 is 40.5. The van der Waals surface area contributed by atoms with Gasteiger partial charge in [0.05, 0.1) is 0 Å². The molecule has 0 fully saturated rings. The van der Waals surface area contributed by atoms with Crippen LogP contribution in [0.15, 0.2) is 12.1 Å². The van der Waals surface area contributed by atoms with Crippen LogP contribution in [0.2, 0.25) is 0 Å². The summed E-state index contributed by atoms with van der Waals surface area (Å²) in [7, 11) is 0. The van der Waals surface area contributed by atoms with Crippen molar-refractivity contribution in [2.45, 2.75) is 13.3 Å². The molecule has 2 rings (SSSR count). The lowest BCUT2D eigenvalue weighted by Gasteiger charge is -2.04. The molecule has 1 aromatic heterocycles. The van der Waals surface area contributed by atoms with E-state index < -0.39 is 17.5 Å². The second-order valence-electron chi connectivity index (χ2n) is 3.85. The van der Waals surface area contributed by atoms with E-state index in [0.29, 0.717) is 18.7 Å². The third-order valence-corrected chi connectivity index (χ3v) is 2.38. The molecular formula is C11H12F3N5. The molecular weight excluding hydrogens is 259 g/mol. The number of hydrogen-bond acceptors (Lipinski definition) is 4. The van der Waals surface area contributed by atoms with Crippen molar-refractivity contribution in [2.24, 2.45) is 0 Å². The third kappa shape index (κ3) is 2.61. The van der Waals surface area contributed by atoms with E-state index in [9.17, 15) is 13.2 Å². The van der Waals surface area contributed by atoms with Gasteiger partial charge >= 0.3 is 0 Å². The zero-order valence-corrected chi connectivity index (χ0v) is 10.1. The predicted octanol–water partition coefficient (Wildman–Crippen LogP) is 2.09. The smallest absolute Gasteiger partial charge is 0.244 e. The lowest BCUT2D eigenvalue weighted by molar-refractivity contribution is 0.491. The summed E-state index contributed by atoms with van der Waals surface area (Å²) in [6.45, 7) is 2.56. The van der Waals surface area contributed by atoms with Crippen molar-refractivity contribution in [3.05, 3.63) is 29.6 Å². The molecule has 1 heterocycles. The van der Waals surface area contributed by atoms with Crippen LogP contribution in [0.1, 0.15) is 13.3 Å². The van der Waals surface area contributed by atoms with Gasteiger partial charge in [-0.05, 0) is 6.42 Å². The van der Waals surface area contributed by atoms with Crippen LogP contribution >= 0.6 is 0 Å². The van der Waals surface area contributed by atoms with E-state index in [2.05, 4.69) is 15.4 Å². The molecule has 0 radical (unpaired) electrons. The van der Waals surface area contributed by atoms with E-state index >= 15 is 0 Å². The highest BCUT2D eigenvalue weighted by Crippen LogP contribution is 2.20. The molecule has 0 bridgehead atoms. The highest BCUT2D eigenvalue weighted by atomic mass is 19.2. The van der Waals surface area contributed by atoms with E-state index in [1.165, 1.54) is 0 Å². The lowest BCUT2D eigenvalue weighted by atomic mass is 10.3. The summed E-state index contributed by atoms with van der Waals surface area (Å²) in [4.78, 5) is 3.85. The SMILES string of the molecule is CCCNc1nc(N)n(-c2cc(F)c(F)cc2F)n1. The van der Waals surface area contributed by atoms with E-state index in [1.54, 1.807) is 0 Å². The van der Waals surface area contributed by atoms with Gasteiger partial charge in [0, 0.05) is 18.7 Å². The first-order chi connectivity index (χ1) is 9.02. The van der Waals surface area contributed by atoms with Gasteiger partial charge in [-0.2, -0.15) is 9.67 Å². The first-order valence-electron chi connectivity index (χ1n) is 5.64. The predicted molar refractivity (Wildman–Crippen MR) is 64.4 cm³/mol. The number of nitrogens with two attached hydrogens (primary N) is 1. The Morgan fingerprint density at radius 3 is 2.58 bits per heavy atom. The molecule has 0 atom stereocenters. The van der Waals surface area contributed by atoms with Gasteiger partial charge in [0.1, 0.15) is 5.69 Å². The zero-order valence-electron chi connectivity index (χ0n) is 10.1. The summed E-state index contributed by atoms with van der Waals surface area (Å²) in [5.74, 6) is -3.36. The summed E-state index contributed by atoms with van der Waals surface area (Å²) >= 11 is 0. The highest BCUT2D eigenvalue weighted by molar-refractivity contribution is 5.43. The van der Waals surface area contributed by atoms with Crippen molar-refractivity contribution >= 4 is 11.9 Å². The molecule has 0 saturated carbocycles. The molecule has 102 valence electrons. The van der Waals surface area contributed by atoms with Crippen molar-refractivity contribution < 1.29 is 13.2 Å². The molecule has 0 unspecified atom stereocenters. The average Bonchev–Trinajstić information content (AvgIpc) is 2.72. The van der Waals surface area contributed by atoms with Crippen molar-refractivity contribution in [1.29, 1.82) is 0 Å². The van der Waals surface area contributed by atoms with Gasteiger partial charge in [0.2, 0.25) is 11.9 Å². The van der Waals surface area contributed by atoms with Crippen molar-refractivity contribution in [3.63, 3.8) is 0 Å². The van der Waals surface area contributed by atoms with Crippen molar-refractivity contribution in [3.8, 4) is 5.69 Å². The number of benzene rings is 1. The fourth-order valence-corrected chi connectivity index (χ4v) is 1.49. The molecule has 0 aliphatic carbocycles. The molecule has 0 spiro atoms. The normalized spacial score (nSPS) is 10.7. The minimum atomic E-state index is -1.27. The van der Waals surface area contributed by atoms with E-state index in [0.717, 1.165) is 11.1 Å². The molecule has 8 heteroatoms. The van der Waals surface area contributed by atoms with Crippen LogP contribution < -0.4 is 11.1 Å². The second kappa shape index (κ2) is 5.17. The number of nitrogen functional groups attached to an aromatic ring is 1. The number of anilines is 2. The number of nitrogens with zero attached hydrogens (tertiary/aromatic N) is 3. The van der Waals surface area contributed by atoms with Crippen LogP contribution in [0.5, 0.6) is 0 Å². The maximum absolute atomic E-state index is 13.6. The zero-order chi connectivity index (χ0) is 14.0. The standard InChI is InChI=1S/C11H12F3N5/c1-2-3-16-11-17-10(15)19(18-11)9-5-7(13)6(12)4-8(9)14/h4-5H,2-3H2,1H3,(H3,15,16,17,18). The molecule has 0 aliphatic heterocycles. The van der Waals surface area contributed by atoms with Crippen LogP contribution in [0.25, 0.3) is 5.69 Å². The quantitative estimate of drug-likeness (QED) is 0.835. The maximum atomic E-state index is 13.6. The van der Waals surface area contributed by atoms with Gasteiger partial charge in [-0.25, -0.2) is 13.2 Å². The van der Waals surface area contributed by atoms with Crippen LogP contribution in [-0.2, 0) is 0 Å². The largest absolute Gasteiger partial charge is 0.368 e. The first kappa shape index (κ1) is 13.2. The Morgan fingerprint density at radius 2 is 1.89 bits per heavy atom. The number of nitrogens with one attached hydrogen (secondary N) is 1. The Bertz CT molecular complexity index is 596. The van der Waals surface area contributed by atoms with Gasteiger partial charge in [-0.15, -0.1) is 5.10 Å². The van der Waals surface area contributed by atoms with Crippen LogP contribution in [-0.4, -0.2) is 21.3 Å². The number of aromatic nitrogens is 3. The van der Waals surface area contributed by atoms with Crippen LogP contribution in [0.4, 0.5) is 25.1 Å². The van der Waals surface area contributed by atoms with Gasteiger partial charge in [0.15, 0.2) is 17.5 Å². The Labute approximate surface area is 107 Å². The van der Waals surface area contributed by atoms with Gasteiger partial charge in [-0.1, -0.05) is 6.92 Å². The first-order valence-corrected chi connectivity index (χ1v) is 5.64. The number of rotatable bonds is 4. The molecule has 0 amide bonds. The molecule has 19 heavy (non-hydrogen) atoms. The van der Waals surface area contributed by atoms with Crippen LogP contribution in [0.3, 0.4) is 0 Å². The fourth-order valence-electron chi connectivity index (χ4n) is 1.49. The summed E-state index contributed by atoms with van der Waals surface area (Å²) in [6, 6.07) is 1.12. The van der Waals surface area contributed by atoms with Gasteiger partial charge in [-0.3, -0.25) is 0 Å². The maximum Gasteiger partial charge on any atom is 0.244 e. The van der Waals surface area contributed by atoms with Crippen molar-refractivity contribution in [2.75, 3.05) is 17.6 Å². The second-order valence-corrected chi connectivity index (χ2v) is 3.85. The average molecular weight is 271 g/mol. The molecule has 2 aromatic rings. The fraction of sp³-hybridized carbons (Fsp3) is 0.273. The topological polar surface area (TPSA) is 68.8 Å². The van der Waals surface area contributed by atoms with Gasteiger partial charge in [0.25, 0.3) is 0 Å². The third-order valence-electron chi connectivity index (χ3n) is 2.38. The molecule has 1 aromatic carbocycles. The molecule has 0 aliphatic rings. The molecule has 5 nitrogen and oxygen atoms in total. The van der Waals surface area contributed by atoms with E-state index in [1.807, 2.05) is 6.92 Å². The Hall–Kier alpha value is -2.25. The lowest BCUT2D eigenvalue weighted by Crippen LogP contribution is -2.06. The summed E-state index contributed by atoms with van der Waals surface area (Å²) in [6.07, 6.45) is 0.841. The minimum absolute atomic E-state index is 0.122. The molecule has 3 N–H and O–H groups in total. The number of hydrogen-bond donors (Lipinski definition) is 2. The van der Waals surface area contributed by atoms with Crippen LogP contribution in [0, 0.1) is 17.5 Å². The Balaban J connectivity index is 2.41. The molecule has 0 saturated heterocycles. The Morgan fingerprint density at radius 1 is 1.21 bits per heavy atom. The summed E-state index contributed by atoms with van der Waals surface area (Å²) in [5, 5.41) is 6.75. The highest BCUT2D eigenvalue weighted by Gasteiger charge is 2.16. The Kier molecular flexibility index (Phi) is 3.59. The summed E-state index contributed by atoms with van der Waals surface area (Å²) in [5.41, 5.74) is 5.27. The monoisotopic (exact) mass is 271 g/mol. The van der Waals surface area contributed by atoms with Crippen molar-refractivity contribution in [1.82, 2.24) is 14.8 Å². The minimum Gasteiger partial charge on any atom is -0.368 e. The van der Waals surface area contributed by atoms with E-state index in [4.69, 9.17) is 5.73 Å². The van der Waals surface area contributed by atoms with E-state index in [-0.39, 0.29) is 17.6 Å². The number of halogens is 3. The van der Waals surface area contributed by atoms with Gasteiger partial charge < -0.3 is 11.1 Å².